The lowest BCUT2D eigenvalue weighted by atomic mass is 10.2. The number of methoxy groups -OCH3 is 1. The van der Waals surface area contributed by atoms with E-state index in [4.69, 9.17) is 9.73 Å². The largest absolute Gasteiger partial charge is 0.497 e. The van der Waals surface area contributed by atoms with Crippen LogP contribution in [0.3, 0.4) is 0 Å². The van der Waals surface area contributed by atoms with Crippen LogP contribution >= 0.6 is 0 Å². The van der Waals surface area contributed by atoms with Crippen molar-refractivity contribution in [2.24, 2.45) is 4.99 Å². The highest BCUT2D eigenvalue weighted by atomic mass is 16.5. The molecule has 3 rings (SSSR count). The van der Waals surface area contributed by atoms with E-state index in [0.29, 0.717) is 6.54 Å². The molecule has 3 aromatic rings. The maximum absolute atomic E-state index is 5.23. The first kappa shape index (κ1) is 23.3. The zero-order valence-electron chi connectivity index (χ0n) is 19.5. The Balaban J connectivity index is 1.55. The highest BCUT2D eigenvalue weighted by molar-refractivity contribution is 5.79. The Kier molecular flexibility index (Phi) is 8.65. The number of benzene rings is 1. The van der Waals surface area contributed by atoms with Gasteiger partial charge < -0.3 is 19.9 Å². The molecule has 32 heavy (non-hydrogen) atoms. The molecule has 0 fully saturated rings. The first-order valence-corrected chi connectivity index (χ1v) is 11.1. The molecule has 0 aliphatic carbocycles. The summed E-state index contributed by atoms with van der Waals surface area (Å²) in [6.45, 7) is 9.98. The number of aryl methyl sites for hydroxylation is 4. The van der Waals surface area contributed by atoms with Gasteiger partial charge in [0, 0.05) is 38.3 Å². The third kappa shape index (κ3) is 6.83. The maximum Gasteiger partial charge on any atom is 0.191 e. The van der Waals surface area contributed by atoms with E-state index >= 15 is 0 Å². The molecule has 9 nitrogen and oxygen atoms in total. The van der Waals surface area contributed by atoms with Crippen LogP contribution in [0, 0.1) is 13.8 Å². The highest BCUT2D eigenvalue weighted by Crippen LogP contribution is 2.11. The molecule has 2 heterocycles. The Morgan fingerprint density at radius 3 is 2.56 bits per heavy atom. The number of nitrogens with one attached hydrogen (secondary N) is 2. The molecule has 0 bridgehead atoms. The van der Waals surface area contributed by atoms with Gasteiger partial charge >= 0.3 is 0 Å². The number of hydrogen-bond acceptors (Lipinski definition) is 5. The molecule has 0 aliphatic heterocycles. The quantitative estimate of drug-likeness (QED) is 0.271. The molecule has 0 spiro atoms. The van der Waals surface area contributed by atoms with Crippen LogP contribution in [0.4, 0.5) is 0 Å². The number of aliphatic imine (C=N–C) groups is 1. The third-order valence-electron chi connectivity index (χ3n) is 5.18. The summed E-state index contributed by atoms with van der Waals surface area (Å²) in [5.41, 5.74) is 3.37. The average Bonchev–Trinajstić information content (AvgIpc) is 3.39. The second-order valence-electron chi connectivity index (χ2n) is 7.66. The summed E-state index contributed by atoms with van der Waals surface area (Å²) >= 11 is 0. The average molecular weight is 439 g/mol. The van der Waals surface area contributed by atoms with E-state index in [1.165, 1.54) is 5.69 Å². The van der Waals surface area contributed by atoms with E-state index in [1.54, 1.807) is 13.4 Å². The van der Waals surface area contributed by atoms with E-state index in [9.17, 15) is 0 Å². The van der Waals surface area contributed by atoms with E-state index < -0.39 is 0 Å². The van der Waals surface area contributed by atoms with Gasteiger partial charge in [-0.15, -0.1) is 10.2 Å². The fourth-order valence-electron chi connectivity index (χ4n) is 3.45. The van der Waals surface area contributed by atoms with Gasteiger partial charge in [-0.1, -0.05) is 19.1 Å². The molecule has 2 N–H and O–H groups in total. The molecular weight excluding hydrogens is 404 g/mol. The summed E-state index contributed by atoms with van der Waals surface area (Å²) in [6.07, 6.45) is 3.59. The van der Waals surface area contributed by atoms with E-state index in [2.05, 4.69) is 55.1 Å². The first-order chi connectivity index (χ1) is 15.6. The summed E-state index contributed by atoms with van der Waals surface area (Å²) in [7, 11) is 1.67. The molecule has 2 aromatic heterocycles. The van der Waals surface area contributed by atoms with Crippen molar-refractivity contribution in [1.82, 2.24) is 35.2 Å². The molecule has 0 saturated heterocycles. The maximum atomic E-state index is 5.23. The topological polar surface area (TPSA) is 94.2 Å². The molecule has 9 heteroatoms. The Hall–Kier alpha value is -3.36. The van der Waals surface area contributed by atoms with Gasteiger partial charge in [0.25, 0.3) is 0 Å². The van der Waals surface area contributed by atoms with Gasteiger partial charge in [-0.25, -0.2) is 4.99 Å². The number of rotatable bonds is 11. The first-order valence-electron chi connectivity index (χ1n) is 11.1. The molecule has 0 saturated carbocycles. The van der Waals surface area contributed by atoms with Crippen LogP contribution in [-0.2, 0) is 26.1 Å². The molecule has 172 valence electrons. The summed E-state index contributed by atoms with van der Waals surface area (Å²) in [5.74, 6) is 2.63. The number of aromatic nitrogens is 5. The second-order valence-corrected chi connectivity index (χ2v) is 7.66. The summed E-state index contributed by atoms with van der Waals surface area (Å²) in [6, 6.07) is 10.1. The van der Waals surface area contributed by atoms with E-state index in [0.717, 1.165) is 67.8 Å². The normalized spacial score (nSPS) is 11.6. The smallest absolute Gasteiger partial charge is 0.191 e. The Bertz CT molecular complexity index is 990. The minimum absolute atomic E-state index is 0.587. The van der Waals surface area contributed by atoms with Crippen LogP contribution in [0.5, 0.6) is 5.75 Å². The van der Waals surface area contributed by atoms with Crippen LogP contribution in [0.15, 0.2) is 41.7 Å². The number of hydrogen-bond donors (Lipinski definition) is 2. The fourth-order valence-corrected chi connectivity index (χ4v) is 3.45. The van der Waals surface area contributed by atoms with Gasteiger partial charge in [0.2, 0.25) is 0 Å². The fraction of sp³-hybridized carbons (Fsp3) is 0.478. The van der Waals surface area contributed by atoms with Crippen LogP contribution in [0.1, 0.15) is 36.1 Å². The van der Waals surface area contributed by atoms with Gasteiger partial charge in [0.1, 0.15) is 17.9 Å². The zero-order valence-corrected chi connectivity index (χ0v) is 19.5. The van der Waals surface area contributed by atoms with E-state index in [1.807, 2.05) is 31.2 Å². The predicted molar refractivity (Wildman–Crippen MR) is 126 cm³/mol. The van der Waals surface area contributed by atoms with Crippen LogP contribution in [0.2, 0.25) is 0 Å². The lowest BCUT2D eigenvalue weighted by molar-refractivity contribution is 0.414. The summed E-state index contributed by atoms with van der Waals surface area (Å²) in [5, 5.41) is 19.6. The monoisotopic (exact) mass is 438 g/mol. The minimum Gasteiger partial charge on any atom is -0.497 e. The van der Waals surface area contributed by atoms with Crippen LogP contribution < -0.4 is 15.4 Å². The predicted octanol–water partition coefficient (Wildman–Crippen LogP) is 2.49. The van der Waals surface area contributed by atoms with Gasteiger partial charge in [-0.05, 0) is 44.0 Å². The van der Waals surface area contributed by atoms with Crippen molar-refractivity contribution in [2.45, 2.75) is 53.2 Å². The number of guanidine groups is 1. The van der Waals surface area contributed by atoms with Crippen molar-refractivity contribution in [3.05, 3.63) is 59.4 Å². The lowest BCUT2D eigenvalue weighted by Gasteiger charge is -2.14. The SMILES string of the molecule is CCc1nncn1CCNC(=NCc1ccc(OC)cc1)NCCCn1nc(C)cc1C. The second kappa shape index (κ2) is 11.9. The van der Waals surface area contributed by atoms with Crippen molar-refractivity contribution in [1.29, 1.82) is 0 Å². The molecule has 0 amide bonds. The van der Waals surface area contributed by atoms with Gasteiger partial charge in [0.05, 0.1) is 19.3 Å². The van der Waals surface area contributed by atoms with Crippen LogP contribution in [-0.4, -0.2) is 50.7 Å². The van der Waals surface area contributed by atoms with Crippen molar-refractivity contribution < 1.29 is 4.74 Å². The van der Waals surface area contributed by atoms with Crippen molar-refractivity contribution in [3.63, 3.8) is 0 Å². The van der Waals surface area contributed by atoms with Crippen LogP contribution in [0.25, 0.3) is 0 Å². The standard InChI is InChI=1S/C23H34N8O/c1-5-22-28-27-17-30(22)14-12-25-23(26-16-20-7-9-21(32-4)10-8-20)24-11-6-13-31-19(3)15-18(2)29-31/h7-10,15,17H,5-6,11-14,16H2,1-4H3,(H2,24,25,26). The van der Waals surface area contributed by atoms with Gasteiger partial charge in [-0.3, -0.25) is 4.68 Å². The lowest BCUT2D eigenvalue weighted by Crippen LogP contribution is -2.39. The Labute approximate surface area is 189 Å². The van der Waals surface area contributed by atoms with Crippen molar-refractivity contribution in [2.75, 3.05) is 20.2 Å². The molecule has 0 aliphatic rings. The summed E-state index contributed by atoms with van der Waals surface area (Å²) < 4.78 is 9.35. The number of ether oxygens (including phenoxy) is 1. The molecule has 0 radical (unpaired) electrons. The summed E-state index contributed by atoms with van der Waals surface area (Å²) in [4.78, 5) is 4.77. The van der Waals surface area contributed by atoms with Crippen molar-refractivity contribution >= 4 is 5.96 Å². The molecular formula is C23H34N8O. The minimum atomic E-state index is 0.587. The molecule has 0 atom stereocenters. The van der Waals surface area contributed by atoms with Gasteiger partial charge in [-0.2, -0.15) is 5.10 Å². The molecule has 1 aromatic carbocycles. The van der Waals surface area contributed by atoms with E-state index in [-0.39, 0.29) is 0 Å². The highest BCUT2D eigenvalue weighted by Gasteiger charge is 2.04. The number of nitrogens with zero attached hydrogens (tertiary/aromatic N) is 6. The third-order valence-corrected chi connectivity index (χ3v) is 5.18. The Morgan fingerprint density at radius 1 is 1.09 bits per heavy atom. The van der Waals surface area contributed by atoms with Crippen molar-refractivity contribution in [3.8, 4) is 5.75 Å². The Morgan fingerprint density at radius 2 is 1.88 bits per heavy atom. The zero-order chi connectivity index (χ0) is 22.8. The molecule has 0 unspecified atom stereocenters. The van der Waals surface area contributed by atoms with Gasteiger partial charge in [0.15, 0.2) is 5.96 Å².